The Kier molecular flexibility index (Phi) is 4.67. The molecule has 0 amide bonds. The number of benzene rings is 1. The average Bonchev–Trinajstić information content (AvgIpc) is 2.44. The molecule has 0 radical (unpaired) electrons. The molecule has 6 nitrogen and oxygen atoms in total. The van der Waals surface area contributed by atoms with Crippen LogP contribution in [0.5, 0.6) is 5.75 Å². The van der Waals surface area contributed by atoms with Crippen molar-refractivity contribution in [2.45, 2.75) is 30.2 Å². The number of halogens is 2. The molecule has 9 heteroatoms. The number of phenols is 1. The molecule has 2 N–H and O–H groups in total. The summed E-state index contributed by atoms with van der Waals surface area (Å²) in [6.45, 7) is 0.120. The smallest absolute Gasteiger partial charge is 0.322 e. The highest BCUT2D eigenvalue weighted by Gasteiger charge is 2.38. The second kappa shape index (κ2) is 6.00. The lowest BCUT2D eigenvalue weighted by Gasteiger charge is -2.31. The van der Waals surface area contributed by atoms with Crippen LogP contribution in [0, 0.1) is 0 Å². The molecule has 116 valence electrons. The van der Waals surface area contributed by atoms with E-state index in [1.165, 1.54) is 0 Å². The van der Waals surface area contributed by atoms with Gasteiger partial charge in [-0.1, -0.05) is 23.2 Å². The molecule has 0 aliphatic carbocycles. The van der Waals surface area contributed by atoms with Crippen molar-refractivity contribution in [2.24, 2.45) is 0 Å². The highest BCUT2D eigenvalue weighted by molar-refractivity contribution is 7.89. The minimum absolute atomic E-state index is 0.120. The monoisotopic (exact) mass is 353 g/mol. The zero-order valence-corrected chi connectivity index (χ0v) is 13.1. The predicted molar refractivity (Wildman–Crippen MR) is 77.3 cm³/mol. The van der Waals surface area contributed by atoms with E-state index in [0.29, 0.717) is 12.8 Å². The molecule has 0 bridgehead atoms. The van der Waals surface area contributed by atoms with Crippen LogP contribution in [-0.4, -0.2) is 41.5 Å². The van der Waals surface area contributed by atoms with Gasteiger partial charge in [0.05, 0.1) is 14.9 Å². The number of carbonyl (C=O) groups is 1. The molecule has 1 saturated heterocycles. The fourth-order valence-electron chi connectivity index (χ4n) is 2.27. The van der Waals surface area contributed by atoms with E-state index >= 15 is 0 Å². The molecule has 1 aliphatic rings. The topological polar surface area (TPSA) is 94.9 Å². The van der Waals surface area contributed by atoms with Crippen molar-refractivity contribution in [3.05, 3.63) is 22.2 Å². The van der Waals surface area contributed by atoms with Crippen molar-refractivity contribution in [3.8, 4) is 5.75 Å². The first-order valence-electron chi connectivity index (χ1n) is 6.18. The van der Waals surface area contributed by atoms with Gasteiger partial charge in [0.25, 0.3) is 0 Å². The van der Waals surface area contributed by atoms with Gasteiger partial charge < -0.3 is 10.2 Å². The third-order valence-corrected chi connectivity index (χ3v) is 5.80. The highest BCUT2D eigenvalue weighted by atomic mass is 35.5. The summed E-state index contributed by atoms with van der Waals surface area (Å²) in [5.74, 6) is -1.60. The van der Waals surface area contributed by atoms with Crippen molar-refractivity contribution in [3.63, 3.8) is 0 Å². The van der Waals surface area contributed by atoms with E-state index < -0.39 is 27.8 Å². The first kappa shape index (κ1) is 16.4. The minimum atomic E-state index is -4.05. The van der Waals surface area contributed by atoms with Gasteiger partial charge in [0, 0.05) is 6.54 Å². The Hall–Kier alpha value is -1.02. The Morgan fingerprint density at radius 1 is 1.24 bits per heavy atom. The van der Waals surface area contributed by atoms with Gasteiger partial charge in [0.2, 0.25) is 10.0 Å². The van der Waals surface area contributed by atoms with Gasteiger partial charge in [-0.05, 0) is 31.4 Å². The number of rotatable bonds is 3. The lowest BCUT2D eigenvalue weighted by Crippen LogP contribution is -2.47. The summed E-state index contributed by atoms with van der Waals surface area (Å²) in [5, 5.41) is 18.2. The molecule has 1 aromatic rings. The molecule has 1 fully saturated rings. The number of sulfonamides is 1. The summed E-state index contributed by atoms with van der Waals surface area (Å²) >= 11 is 11.5. The molecular formula is C12H13Cl2NO5S. The molecule has 1 aromatic carbocycles. The van der Waals surface area contributed by atoms with Crippen molar-refractivity contribution in [1.82, 2.24) is 4.31 Å². The third kappa shape index (κ3) is 3.11. The Morgan fingerprint density at radius 3 is 2.33 bits per heavy atom. The number of aromatic hydroxyl groups is 1. The number of carboxylic acids is 1. The first-order valence-corrected chi connectivity index (χ1v) is 8.37. The third-order valence-electron chi connectivity index (χ3n) is 3.34. The summed E-state index contributed by atoms with van der Waals surface area (Å²) in [7, 11) is -4.05. The summed E-state index contributed by atoms with van der Waals surface area (Å²) < 4.78 is 26.1. The van der Waals surface area contributed by atoms with Crippen molar-refractivity contribution < 1.29 is 23.4 Å². The first-order chi connectivity index (χ1) is 9.75. The van der Waals surface area contributed by atoms with E-state index in [1.54, 1.807) is 0 Å². The predicted octanol–water partition coefficient (Wildman–Crippen LogP) is 2.33. The van der Waals surface area contributed by atoms with Gasteiger partial charge in [-0.15, -0.1) is 0 Å². The maximum atomic E-state index is 12.6. The summed E-state index contributed by atoms with van der Waals surface area (Å²) in [5.41, 5.74) is 0. The van der Waals surface area contributed by atoms with Crippen molar-refractivity contribution >= 4 is 39.2 Å². The molecule has 0 saturated carbocycles. The van der Waals surface area contributed by atoms with Crippen LogP contribution in [0.2, 0.25) is 10.0 Å². The SMILES string of the molecule is O=C(O)C1CCCCN1S(=O)(=O)c1cc(Cl)c(O)c(Cl)c1. The van der Waals surface area contributed by atoms with Gasteiger partial charge in [0.15, 0.2) is 5.75 Å². The standard InChI is InChI=1S/C12H13Cl2NO5S/c13-8-5-7(6-9(14)11(8)16)21(19,20)15-4-2-1-3-10(15)12(17)18/h5-6,10,16H,1-4H2,(H,17,18). The molecular weight excluding hydrogens is 341 g/mol. The second-order valence-corrected chi connectivity index (χ2v) is 7.41. The number of phenolic OH excluding ortho intramolecular Hbond substituents is 1. The number of piperidine rings is 1. The van der Waals surface area contributed by atoms with Crippen LogP contribution in [0.4, 0.5) is 0 Å². The largest absolute Gasteiger partial charge is 0.505 e. The summed E-state index contributed by atoms with van der Waals surface area (Å²) in [6, 6.07) is 1.02. The van der Waals surface area contributed by atoms with E-state index in [4.69, 9.17) is 23.2 Å². The molecule has 2 rings (SSSR count). The lowest BCUT2D eigenvalue weighted by molar-refractivity contribution is -0.142. The van der Waals surface area contributed by atoms with E-state index in [1.807, 2.05) is 0 Å². The van der Waals surface area contributed by atoms with E-state index in [0.717, 1.165) is 16.4 Å². The van der Waals surface area contributed by atoms with Gasteiger partial charge in [-0.2, -0.15) is 4.31 Å². The summed E-state index contributed by atoms with van der Waals surface area (Å²) in [4.78, 5) is 11.0. The van der Waals surface area contributed by atoms with Crippen LogP contribution in [0.1, 0.15) is 19.3 Å². The van der Waals surface area contributed by atoms with Crippen LogP contribution in [-0.2, 0) is 14.8 Å². The van der Waals surface area contributed by atoms with Gasteiger partial charge in [-0.3, -0.25) is 4.79 Å². The zero-order valence-electron chi connectivity index (χ0n) is 10.8. The Labute approximate surface area is 131 Å². The average molecular weight is 354 g/mol. The number of aliphatic carboxylic acids is 1. The number of hydrogen-bond donors (Lipinski definition) is 2. The van der Waals surface area contributed by atoms with E-state index in [-0.39, 0.29) is 27.9 Å². The van der Waals surface area contributed by atoms with Crippen molar-refractivity contribution in [1.29, 1.82) is 0 Å². The maximum Gasteiger partial charge on any atom is 0.322 e. The van der Waals surface area contributed by atoms with Gasteiger partial charge in [-0.25, -0.2) is 8.42 Å². The number of hydrogen-bond acceptors (Lipinski definition) is 4. The van der Waals surface area contributed by atoms with E-state index in [2.05, 4.69) is 0 Å². The van der Waals surface area contributed by atoms with Crippen LogP contribution in [0.15, 0.2) is 17.0 Å². The maximum absolute atomic E-state index is 12.6. The molecule has 1 unspecified atom stereocenters. The lowest BCUT2D eigenvalue weighted by atomic mass is 10.1. The van der Waals surface area contributed by atoms with Crippen LogP contribution < -0.4 is 0 Å². The summed E-state index contributed by atoms with van der Waals surface area (Å²) in [6.07, 6.45) is 1.50. The number of carboxylic acid groups (broad SMARTS) is 1. The van der Waals surface area contributed by atoms with Crippen LogP contribution in [0.3, 0.4) is 0 Å². The van der Waals surface area contributed by atoms with Gasteiger partial charge in [0.1, 0.15) is 6.04 Å². The second-order valence-electron chi connectivity index (χ2n) is 4.70. The van der Waals surface area contributed by atoms with Crippen LogP contribution in [0.25, 0.3) is 0 Å². The molecule has 0 spiro atoms. The fourth-order valence-corrected chi connectivity index (χ4v) is 4.59. The molecule has 1 heterocycles. The Balaban J connectivity index is 2.48. The molecule has 1 aliphatic heterocycles. The molecule has 21 heavy (non-hydrogen) atoms. The fraction of sp³-hybridized carbons (Fsp3) is 0.417. The normalized spacial score (nSPS) is 20.4. The highest BCUT2D eigenvalue weighted by Crippen LogP contribution is 2.36. The zero-order chi connectivity index (χ0) is 15.8. The Bertz CT molecular complexity index is 653. The Morgan fingerprint density at radius 2 is 1.81 bits per heavy atom. The quantitative estimate of drug-likeness (QED) is 0.869. The molecule has 1 atom stereocenters. The number of nitrogens with zero attached hydrogens (tertiary/aromatic N) is 1. The van der Waals surface area contributed by atoms with Gasteiger partial charge >= 0.3 is 5.97 Å². The van der Waals surface area contributed by atoms with E-state index in [9.17, 15) is 23.4 Å². The minimum Gasteiger partial charge on any atom is -0.505 e. The molecule has 0 aromatic heterocycles. The van der Waals surface area contributed by atoms with Crippen LogP contribution >= 0.6 is 23.2 Å². The van der Waals surface area contributed by atoms with Crippen molar-refractivity contribution in [2.75, 3.05) is 6.54 Å².